The highest BCUT2D eigenvalue weighted by Gasteiger charge is 2.35. The van der Waals surface area contributed by atoms with E-state index >= 15 is 0 Å². The van der Waals surface area contributed by atoms with Crippen molar-refractivity contribution in [2.45, 2.75) is 58.4 Å². The molecule has 3 N–H and O–H groups in total. The molecule has 8 nitrogen and oxygen atoms in total. The van der Waals surface area contributed by atoms with E-state index in [0.29, 0.717) is 11.6 Å². The van der Waals surface area contributed by atoms with E-state index in [2.05, 4.69) is 32.4 Å². The first-order chi connectivity index (χ1) is 14.3. The maximum Gasteiger partial charge on any atom is 0.258 e. The molecule has 0 aliphatic carbocycles. The number of carbonyl (C=O) groups is 2. The molecule has 0 bridgehead atoms. The van der Waals surface area contributed by atoms with Crippen LogP contribution in [0.25, 0.3) is 0 Å². The second kappa shape index (κ2) is 7.93. The molecule has 1 aromatic heterocycles. The minimum atomic E-state index is -0.890. The number of hydrogen-bond acceptors (Lipinski definition) is 5. The zero-order chi connectivity index (χ0) is 21.4. The molecule has 8 heteroatoms. The highest BCUT2D eigenvalue weighted by Crippen LogP contribution is 2.31. The lowest BCUT2D eigenvalue weighted by atomic mass is 9.92. The Morgan fingerprint density at radius 3 is 2.60 bits per heavy atom. The highest BCUT2D eigenvalue weighted by atomic mass is 16.2. The third-order valence-corrected chi connectivity index (χ3v) is 5.82. The molecule has 0 saturated carbocycles. The van der Waals surface area contributed by atoms with Crippen molar-refractivity contribution in [1.82, 2.24) is 9.97 Å². The summed E-state index contributed by atoms with van der Waals surface area (Å²) in [7, 11) is 0. The Kier molecular flexibility index (Phi) is 5.32. The van der Waals surface area contributed by atoms with Crippen molar-refractivity contribution in [3.8, 4) is 0 Å². The van der Waals surface area contributed by atoms with Crippen LogP contribution >= 0.6 is 0 Å². The van der Waals surface area contributed by atoms with Crippen LogP contribution in [0.3, 0.4) is 0 Å². The number of H-pyrrole nitrogens is 1. The van der Waals surface area contributed by atoms with Crippen LogP contribution in [0.1, 0.15) is 55.2 Å². The Hall–Kier alpha value is -3.16. The number of aromatic nitrogens is 2. The molecule has 0 radical (unpaired) electrons. The van der Waals surface area contributed by atoms with Gasteiger partial charge in [-0.1, -0.05) is 6.07 Å². The van der Waals surface area contributed by atoms with E-state index in [0.717, 1.165) is 36.9 Å². The van der Waals surface area contributed by atoms with Gasteiger partial charge in [0, 0.05) is 24.7 Å². The Morgan fingerprint density at radius 2 is 1.90 bits per heavy atom. The van der Waals surface area contributed by atoms with Crippen LogP contribution in [0.4, 0.5) is 17.5 Å². The summed E-state index contributed by atoms with van der Waals surface area (Å²) in [5.41, 5.74) is 2.52. The highest BCUT2D eigenvalue weighted by molar-refractivity contribution is 6.04. The molecule has 1 saturated heterocycles. The minimum Gasteiger partial charge on any atom is -0.340 e. The molecule has 2 aliphatic heterocycles. The average molecular weight is 409 g/mol. The van der Waals surface area contributed by atoms with Gasteiger partial charge >= 0.3 is 0 Å². The summed E-state index contributed by atoms with van der Waals surface area (Å²) in [6.45, 7) is 6.79. The summed E-state index contributed by atoms with van der Waals surface area (Å²) in [5.74, 6) is -0.968. The van der Waals surface area contributed by atoms with Crippen molar-refractivity contribution < 1.29 is 9.59 Å². The molecule has 2 aromatic rings. The fraction of sp³-hybridized carbons (Fsp3) is 0.455. The average Bonchev–Trinajstić information content (AvgIpc) is 2.66. The zero-order valence-corrected chi connectivity index (χ0v) is 17.5. The van der Waals surface area contributed by atoms with Crippen LogP contribution in [0.2, 0.25) is 0 Å². The standard InChI is InChI=1S/C22H27N5O3/c1-12-8-13(2)10-15(9-12)23-20(29)16-11-17(28)24-19-18(16)21(30)26-22(25-19)27-7-5-4-6-14(27)3/h8-10,14,16H,4-7,11H2,1-3H3,(H,23,29)(H2,24,25,26,28,30)/t14-,16-/m1/s1. The summed E-state index contributed by atoms with van der Waals surface area (Å²) in [4.78, 5) is 47.7. The molecule has 30 heavy (non-hydrogen) atoms. The molecule has 158 valence electrons. The molecular formula is C22H27N5O3. The lowest BCUT2D eigenvalue weighted by Gasteiger charge is -2.34. The number of anilines is 3. The molecule has 0 unspecified atom stereocenters. The topological polar surface area (TPSA) is 107 Å². The summed E-state index contributed by atoms with van der Waals surface area (Å²) < 4.78 is 0. The Morgan fingerprint density at radius 1 is 1.17 bits per heavy atom. The second-order valence-corrected chi connectivity index (χ2v) is 8.36. The Labute approximate surface area is 175 Å². The molecule has 1 fully saturated rings. The maximum atomic E-state index is 13.0. The van der Waals surface area contributed by atoms with Crippen LogP contribution in [-0.2, 0) is 9.59 Å². The van der Waals surface area contributed by atoms with Crippen molar-refractivity contribution in [2.75, 3.05) is 22.1 Å². The van der Waals surface area contributed by atoms with E-state index in [-0.39, 0.29) is 41.2 Å². The number of aryl methyl sites for hydroxylation is 2. The molecular weight excluding hydrogens is 382 g/mol. The predicted molar refractivity (Wildman–Crippen MR) is 116 cm³/mol. The maximum absolute atomic E-state index is 13.0. The number of fused-ring (bicyclic) bond motifs is 1. The van der Waals surface area contributed by atoms with Gasteiger partial charge in [0.25, 0.3) is 5.56 Å². The van der Waals surface area contributed by atoms with Crippen molar-refractivity contribution in [2.24, 2.45) is 0 Å². The predicted octanol–water partition coefficient (Wildman–Crippen LogP) is 2.83. The number of rotatable bonds is 3. The molecule has 2 atom stereocenters. The van der Waals surface area contributed by atoms with Gasteiger partial charge in [-0.05, 0) is 63.3 Å². The van der Waals surface area contributed by atoms with E-state index in [4.69, 9.17) is 0 Å². The van der Waals surface area contributed by atoms with Gasteiger partial charge in [0.05, 0.1) is 11.5 Å². The van der Waals surface area contributed by atoms with Gasteiger partial charge < -0.3 is 15.5 Å². The lowest BCUT2D eigenvalue weighted by molar-refractivity contribution is -0.123. The van der Waals surface area contributed by atoms with Gasteiger partial charge in [0.2, 0.25) is 17.8 Å². The summed E-state index contributed by atoms with van der Waals surface area (Å²) >= 11 is 0. The normalized spacial score (nSPS) is 21.0. The molecule has 3 heterocycles. The van der Waals surface area contributed by atoms with Crippen LogP contribution in [0, 0.1) is 13.8 Å². The first-order valence-electron chi connectivity index (χ1n) is 10.4. The SMILES string of the molecule is Cc1cc(C)cc(NC(=O)[C@@H]2CC(=O)Nc3nc(N4CCCC[C@H]4C)[nH]c(=O)c32)c1. The van der Waals surface area contributed by atoms with E-state index in [1.165, 1.54) is 0 Å². The summed E-state index contributed by atoms with van der Waals surface area (Å²) in [6, 6.07) is 5.98. The van der Waals surface area contributed by atoms with Gasteiger partial charge in [-0.2, -0.15) is 4.98 Å². The fourth-order valence-corrected chi connectivity index (χ4v) is 4.41. The summed E-state index contributed by atoms with van der Waals surface area (Å²) in [5, 5.41) is 5.54. The molecule has 1 aromatic carbocycles. The molecule has 0 spiro atoms. The Bertz CT molecular complexity index is 1040. The van der Waals surface area contributed by atoms with Crippen LogP contribution in [-0.4, -0.2) is 34.4 Å². The number of piperidine rings is 1. The quantitative estimate of drug-likeness (QED) is 0.723. The van der Waals surface area contributed by atoms with Crippen LogP contribution < -0.4 is 21.1 Å². The third kappa shape index (κ3) is 3.94. The molecule has 4 rings (SSSR count). The number of nitrogens with one attached hydrogen (secondary N) is 3. The Balaban J connectivity index is 1.66. The number of nitrogens with zero attached hydrogens (tertiary/aromatic N) is 2. The lowest BCUT2D eigenvalue weighted by Crippen LogP contribution is -2.42. The van der Waals surface area contributed by atoms with Crippen molar-refractivity contribution in [1.29, 1.82) is 0 Å². The van der Waals surface area contributed by atoms with E-state index in [1.54, 1.807) is 0 Å². The molecule has 2 aliphatic rings. The number of benzene rings is 1. The minimum absolute atomic E-state index is 0.0894. The van der Waals surface area contributed by atoms with Crippen LogP contribution in [0.5, 0.6) is 0 Å². The van der Waals surface area contributed by atoms with Gasteiger partial charge in [-0.15, -0.1) is 0 Å². The monoisotopic (exact) mass is 409 g/mol. The van der Waals surface area contributed by atoms with Crippen molar-refractivity contribution in [3.05, 3.63) is 45.2 Å². The summed E-state index contributed by atoms with van der Waals surface area (Å²) in [6.07, 6.45) is 3.10. The smallest absolute Gasteiger partial charge is 0.258 e. The van der Waals surface area contributed by atoms with Gasteiger partial charge in [0.15, 0.2) is 0 Å². The number of carbonyl (C=O) groups excluding carboxylic acids is 2. The number of hydrogen-bond donors (Lipinski definition) is 3. The van der Waals surface area contributed by atoms with Gasteiger partial charge in [-0.3, -0.25) is 19.4 Å². The van der Waals surface area contributed by atoms with E-state index < -0.39 is 5.92 Å². The zero-order valence-electron chi connectivity index (χ0n) is 17.5. The fourth-order valence-electron chi connectivity index (χ4n) is 4.41. The largest absolute Gasteiger partial charge is 0.340 e. The van der Waals surface area contributed by atoms with Crippen molar-refractivity contribution in [3.63, 3.8) is 0 Å². The van der Waals surface area contributed by atoms with E-state index in [9.17, 15) is 14.4 Å². The van der Waals surface area contributed by atoms with Crippen LogP contribution in [0.15, 0.2) is 23.0 Å². The van der Waals surface area contributed by atoms with Gasteiger partial charge in [-0.25, -0.2) is 0 Å². The van der Waals surface area contributed by atoms with E-state index in [1.807, 2.05) is 32.0 Å². The molecule has 2 amide bonds. The second-order valence-electron chi connectivity index (χ2n) is 8.36. The first-order valence-corrected chi connectivity index (χ1v) is 10.4. The van der Waals surface area contributed by atoms with Gasteiger partial charge in [0.1, 0.15) is 5.82 Å². The number of amides is 2. The number of aromatic amines is 1. The third-order valence-electron chi connectivity index (χ3n) is 5.82. The van der Waals surface area contributed by atoms with Crippen molar-refractivity contribution >= 4 is 29.3 Å². The first kappa shape index (κ1) is 20.1.